The Hall–Kier alpha value is -1.42. The molecule has 0 aliphatic carbocycles. The fourth-order valence-corrected chi connectivity index (χ4v) is 1.64. The Balaban J connectivity index is 2.13. The third-order valence-electron chi connectivity index (χ3n) is 2.38. The lowest BCUT2D eigenvalue weighted by Gasteiger charge is -2.13. The second kappa shape index (κ2) is 3.75. The molecule has 1 aliphatic rings. The first-order valence-corrected chi connectivity index (χ1v) is 4.76. The summed E-state index contributed by atoms with van der Waals surface area (Å²) in [7, 11) is 0. The maximum absolute atomic E-state index is 11.7. The van der Waals surface area contributed by atoms with Gasteiger partial charge in [-0.25, -0.2) is 0 Å². The first-order chi connectivity index (χ1) is 6.83. The summed E-state index contributed by atoms with van der Waals surface area (Å²) in [5, 5.41) is 0. The highest BCUT2D eigenvalue weighted by Gasteiger charge is 2.26. The first kappa shape index (κ1) is 9.15. The number of rotatable bonds is 3. The molecule has 1 aliphatic heterocycles. The molecule has 74 valence electrons. The Morgan fingerprint density at radius 2 is 2.43 bits per heavy atom. The topological polar surface area (TPSA) is 59.2 Å². The molecule has 2 heterocycles. The largest absolute Gasteiger partial charge is 0.333 e. The van der Waals surface area contributed by atoms with E-state index in [1.807, 2.05) is 6.07 Å². The second-order valence-electron chi connectivity index (χ2n) is 3.37. The lowest BCUT2D eigenvalue weighted by atomic mass is 10.2. The fourth-order valence-electron chi connectivity index (χ4n) is 1.64. The number of pyridine rings is 1. The molecule has 2 rings (SSSR count). The molecular weight excluding hydrogens is 178 g/mol. The molecule has 0 saturated heterocycles. The van der Waals surface area contributed by atoms with E-state index in [9.17, 15) is 4.79 Å². The summed E-state index contributed by atoms with van der Waals surface area (Å²) in [6, 6.07) is 3.62. The highest BCUT2D eigenvalue weighted by atomic mass is 16.2. The minimum absolute atomic E-state index is 0.0848. The third-order valence-corrected chi connectivity index (χ3v) is 2.38. The van der Waals surface area contributed by atoms with Gasteiger partial charge in [0.1, 0.15) is 0 Å². The average Bonchev–Trinajstić information content (AvgIpc) is 2.54. The normalized spacial score (nSPS) is 14.6. The van der Waals surface area contributed by atoms with Crippen LogP contribution in [-0.4, -0.2) is 28.9 Å². The van der Waals surface area contributed by atoms with Crippen molar-refractivity contribution in [3.8, 4) is 0 Å². The quantitative estimate of drug-likeness (QED) is 0.751. The van der Waals surface area contributed by atoms with E-state index in [0.29, 0.717) is 13.1 Å². The van der Waals surface area contributed by atoms with Crippen LogP contribution in [-0.2, 0) is 6.54 Å². The summed E-state index contributed by atoms with van der Waals surface area (Å²) >= 11 is 0. The molecule has 0 saturated carbocycles. The van der Waals surface area contributed by atoms with Gasteiger partial charge in [-0.15, -0.1) is 0 Å². The van der Waals surface area contributed by atoms with Crippen molar-refractivity contribution in [1.82, 2.24) is 9.88 Å². The van der Waals surface area contributed by atoms with Gasteiger partial charge in [-0.3, -0.25) is 9.78 Å². The van der Waals surface area contributed by atoms with Crippen molar-refractivity contribution in [3.63, 3.8) is 0 Å². The zero-order valence-electron chi connectivity index (χ0n) is 7.94. The van der Waals surface area contributed by atoms with Gasteiger partial charge >= 0.3 is 0 Å². The lowest BCUT2D eigenvalue weighted by molar-refractivity contribution is 0.0777. The molecule has 0 radical (unpaired) electrons. The summed E-state index contributed by atoms with van der Waals surface area (Å²) in [6.07, 6.45) is 2.57. The predicted molar refractivity (Wildman–Crippen MR) is 52.6 cm³/mol. The zero-order chi connectivity index (χ0) is 9.97. The summed E-state index contributed by atoms with van der Waals surface area (Å²) in [5.74, 6) is 0.0848. The smallest absolute Gasteiger partial charge is 0.256 e. The van der Waals surface area contributed by atoms with Crippen LogP contribution in [0, 0.1) is 0 Å². The van der Waals surface area contributed by atoms with Crippen LogP contribution in [0.2, 0.25) is 0 Å². The number of carbonyl (C=O) groups is 1. The number of hydrogen-bond acceptors (Lipinski definition) is 3. The van der Waals surface area contributed by atoms with Crippen molar-refractivity contribution in [3.05, 3.63) is 29.6 Å². The minimum atomic E-state index is 0.0848. The van der Waals surface area contributed by atoms with Crippen LogP contribution in [0.4, 0.5) is 0 Å². The van der Waals surface area contributed by atoms with Crippen LogP contribution in [0.3, 0.4) is 0 Å². The van der Waals surface area contributed by atoms with Gasteiger partial charge in [-0.1, -0.05) is 0 Å². The molecule has 0 bridgehead atoms. The van der Waals surface area contributed by atoms with Crippen molar-refractivity contribution in [1.29, 1.82) is 0 Å². The van der Waals surface area contributed by atoms with Gasteiger partial charge in [0.05, 0.1) is 17.8 Å². The van der Waals surface area contributed by atoms with Crippen molar-refractivity contribution >= 4 is 5.91 Å². The number of nitrogens with zero attached hydrogens (tertiary/aromatic N) is 2. The van der Waals surface area contributed by atoms with E-state index in [0.717, 1.165) is 24.2 Å². The number of aromatic nitrogens is 1. The van der Waals surface area contributed by atoms with Crippen molar-refractivity contribution in [2.75, 3.05) is 13.1 Å². The number of carbonyl (C=O) groups excluding carboxylic acids is 1. The van der Waals surface area contributed by atoms with E-state index < -0.39 is 0 Å². The van der Waals surface area contributed by atoms with Crippen LogP contribution in [0.5, 0.6) is 0 Å². The number of hydrogen-bond donors (Lipinski definition) is 1. The number of fused-ring (bicyclic) bond motifs is 1. The molecule has 1 amide bonds. The Morgan fingerprint density at radius 1 is 1.57 bits per heavy atom. The monoisotopic (exact) mass is 191 g/mol. The average molecular weight is 191 g/mol. The van der Waals surface area contributed by atoms with E-state index in [1.54, 1.807) is 17.2 Å². The molecule has 0 aromatic carbocycles. The Labute approximate surface area is 82.7 Å². The van der Waals surface area contributed by atoms with Gasteiger partial charge < -0.3 is 10.6 Å². The minimum Gasteiger partial charge on any atom is -0.333 e. The second-order valence-corrected chi connectivity index (χ2v) is 3.37. The van der Waals surface area contributed by atoms with Crippen LogP contribution in [0.1, 0.15) is 22.5 Å². The Kier molecular flexibility index (Phi) is 2.45. The zero-order valence-corrected chi connectivity index (χ0v) is 7.94. The van der Waals surface area contributed by atoms with Crippen LogP contribution in [0.25, 0.3) is 0 Å². The maximum Gasteiger partial charge on any atom is 0.256 e. The van der Waals surface area contributed by atoms with Crippen LogP contribution >= 0.6 is 0 Å². The molecule has 2 N–H and O–H groups in total. The molecule has 1 aromatic rings. The summed E-state index contributed by atoms with van der Waals surface area (Å²) in [4.78, 5) is 17.7. The predicted octanol–water partition coefficient (Wildman–Crippen LogP) is 0.386. The number of amides is 1. The van der Waals surface area contributed by atoms with Crippen LogP contribution < -0.4 is 5.73 Å². The van der Waals surface area contributed by atoms with Gasteiger partial charge in [-0.2, -0.15) is 0 Å². The number of nitrogens with two attached hydrogens (primary N) is 1. The van der Waals surface area contributed by atoms with E-state index in [4.69, 9.17) is 5.73 Å². The molecule has 0 atom stereocenters. The van der Waals surface area contributed by atoms with E-state index in [1.165, 1.54) is 0 Å². The van der Waals surface area contributed by atoms with E-state index in [2.05, 4.69) is 4.98 Å². The van der Waals surface area contributed by atoms with Crippen molar-refractivity contribution in [2.24, 2.45) is 5.73 Å². The third kappa shape index (κ3) is 1.48. The highest BCUT2D eigenvalue weighted by Crippen LogP contribution is 2.19. The van der Waals surface area contributed by atoms with Gasteiger partial charge in [0.25, 0.3) is 5.91 Å². The van der Waals surface area contributed by atoms with E-state index >= 15 is 0 Å². The molecule has 14 heavy (non-hydrogen) atoms. The van der Waals surface area contributed by atoms with Crippen LogP contribution in [0.15, 0.2) is 18.3 Å². The van der Waals surface area contributed by atoms with Crippen molar-refractivity contribution in [2.45, 2.75) is 13.0 Å². The summed E-state index contributed by atoms with van der Waals surface area (Å²) in [5.41, 5.74) is 7.03. The molecular formula is C10H13N3O. The van der Waals surface area contributed by atoms with Gasteiger partial charge in [-0.05, 0) is 25.1 Å². The maximum atomic E-state index is 11.7. The molecule has 0 fully saturated rings. The van der Waals surface area contributed by atoms with Gasteiger partial charge in [0.15, 0.2) is 0 Å². The molecule has 0 unspecified atom stereocenters. The first-order valence-electron chi connectivity index (χ1n) is 4.76. The molecule has 1 aromatic heterocycles. The molecule has 4 heteroatoms. The molecule has 0 spiro atoms. The van der Waals surface area contributed by atoms with E-state index in [-0.39, 0.29) is 5.91 Å². The highest BCUT2D eigenvalue weighted by molar-refractivity contribution is 5.97. The summed E-state index contributed by atoms with van der Waals surface area (Å²) < 4.78 is 0. The fraction of sp³-hybridized carbons (Fsp3) is 0.400. The van der Waals surface area contributed by atoms with Gasteiger partial charge in [0.2, 0.25) is 0 Å². The summed E-state index contributed by atoms with van der Waals surface area (Å²) in [6.45, 7) is 1.98. The Morgan fingerprint density at radius 3 is 3.14 bits per heavy atom. The SMILES string of the molecule is NCCCN1Cc2ncccc2C1=O. The molecule has 4 nitrogen and oxygen atoms in total. The van der Waals surface area contributed by atoms with Gasteiger partial charge in [0, 0.05) is 12.7 Å². The van der Waals surface area contributed by atoms with Crippen molar-refractivity contribution < 1.29 is 4.79 Å². The Bertz CT molecular complexity index is 351. The lowest BCUT2D eigenvalue weighted by Crippen LogP contribution is -2.26. The standard InChI is InChI=1S/C10H13N3O/c11-4-2-6-13-7-9-8(10(13)14)3-1-5-12-9/h1,3,5H,2,4,6-7,11H2.